The second kappa shape index (κ2) is 5.64. The molecule has 0 aliphatic carbocycles. The molecule has 0 spiro atoms. The van der Waals surface area contributed by atoms with Crippen LogP contribution in [0.15, 0.2) is 18.2 Å². The van der Waals surface area contributed by atoms with Crippen LogP contribution >= 0.6 is 0 Å². The molecular formula is C14H17N3O3. The molecule has 2 rings (SSSR count). The molecule has 1 aromatic carbocycles. The second-order valence-electron chi connectivity index (χ2n) is 4.17. The first-order chi connectivity index (χ1) is 9.58. The number of rotatable bonds is 4. The van der Waals surface area contributed by atoms with Crippen LogP contribution in [0.25, 0.3) is 11.4 Å². The Hall–Kier alpha value is -2.50. The van der Waals surface area contributed by atoms with Gasteiger partial charge in [0, 0.05) is 17.8 Å². The predicted octanol–water partition coefficient (Wildman–Crippen LogP) is 2.06. The number of benzene rings is 1. The van der Waals surface area contributed by atoms with Crippen LogP contribution in [0.2, 0.25) is 0 Å². The Morgan fingerprint density at radius 3 is 2.00 bits per heavy atom. The Bertz CT molecular complexity index is 609. The summed E-state index contributed by atoms with van der Waals surface area (Å²) in [6.07, 6.45) is 0. The van der Waals surface area contributed by atoms with E-state index in [9.17, 15) is 0 Å². The van der Waals surface area contributed by atoms with Crippen molar-refractivity contribution in [1.29, 1.82) is 0 Å². The lowest BCUT2D eigenvalue weighted by atomic mass is 10.1. The smallest absolute Gasteiger partial charge is 0.165 e. The van der Waals surface area contributed by atoms with Crippen molar-refractivity contribution in [2.75, 3.05) is 27.1 Å². The fraction of sp³-hybridized carbons (Fsp3) is 0.286. The summed E-state index contributed by atoms with van der Waals surface area (Å²) < 4.78 is 15.9. The van der Waals surface area contributed by atoms with Crippen molar-refractivity contribution in [3.63, 3.8) is 0 Å². The zero-order valence-electron chi connectivity index (χ0n) is 11.9. The minimum atomic E-state index is 0.407. The third-order valence-electron chi connectivity index (χ3n) is 2.82. The zero-order chi connectivity index (χ0) is 14.7. The predicted molar refractivity (Wildman–Crippen MR) is 76.3 cm³/mol. The molecule has 6 heteroatoms. The minimum Gasteiger partial charge on any atom is -0.496 e. The van der Waals surface area contributed by atoms with Crippen LogP contribution < -0.4 is 19.9 Å². The maximum Gasteiger partial charge on any atom is 0.165 e. The molecule has 2 aromatic rings. The first-order valence-electron chi connectivity index (χ1n) is 6.00. The number of aryl methyl sites for hydroxylation is 1. The number of nitrogen functional groups attached to an aromatic ring is 1. The lowest BCUT2D eigenvalue weighted by Crippen LogP contribution is -2.00. The molecule has 20 heavy (non-hydrogen) atoms. The highest BCUT2D eigenvalue weighted by Crippen LogP contribution is 2.39. The highest BCUT2D eigenvalue weighted by Gasteiger charge is 2.16. The van der Waals surface area contributed by atoms with Gasteiger partial charge in [-0.2, -0.15) is 0 Å². The number of ether oxygens (including phenoxy) is 3. The minimum absolute atomic E-state index is 0.407. The van der Waals surface area contributed by atoms with Gasteiger partial charge in [0.05, 0.1) is 26.9 Å². The Labute approximate surface area is 117 Å². The Morgan fingerprint density at radius 2 is 1.45 bits per heavy atom. The van der Waals surface area contributed by atoms with Gasteiger partial charge in [-0.25, -0.2) is 9.97 Å². The summed E-state index contributed by atoms with van der Waals surface area (Å²) >= 11 is 0. The number of hydrogen-bond donors (Lipinski definition) is 1. The lowest BCUT2D eigenvalue weighted by Gasteiger charge is -2.13. The molecule has 1 heterocycles. The van der Waals surface area contributed by atoms with E-state index in [-0.39, 0.29) is 0 Å². The molecule has 0 radical (unpaired) electrons. The molecule has 106 valence electrons. The monoisotopic (exact) mass is 275 g/mol. The van der Waals surface area contributed by atoms with Gasteiger partial charge in [-0.05, 0) is 13.0 Å². The van der Waals surface area contributed by atoms with E-state index in [1.165, 1.54) is 0 Å². The zero-order valence-corrected chi connectivity index (χ0v) is 11.9. The first-order valence-corrected chi connectivity index (χ1v) is 6.00. The van der Waals surface area contributed by atoms with Gasteiger partial charge in [-0.1, -0.05) is 0 Å². The molecule has 1 aromatic heterocycles. The summed E-state index contributed by atoms with van der Waals surface area (Å²) in [6.45, 7) is 1.86. The van der Waals surface area contributed by atoms with Gasteiger partial charge in [-0.3, -0.25) is 0 Å². The van der Waals surface area contributed by atoms with Gasteiger partial charge in [0.15, 0.2) is 17.3 Å². The van der Waals surface area contributed by atoms with Crippen molar-refractivity contribution in [2.24, 2.45) is 0 Å². The Morgan fingerprint density at radius 1 is 0.850 bits per heavy atom. The van der Waals surface area contributed by atoms with E-state index in [0.717, 1.165) is 5.69 Å². The highest BCUT2D eigenvalue weighted by molar-refractivity contribution is 5.70. The molecule has 0 amide bonds. The maximum atomic E-state index is 5.77. The quantitative estimate of drug-likeness (QED) is 0.920. The van der Waals surface area contributed by atoms with Gasteiger partial charge >= 0.3 is 0 Å². The molecule has 2 N–H and O–H groups in total. The Kier molecular flexibility index (Phi) is 3.93. The van der Waals surface area contributed by atoms with Crippen molar-refractivity contribution in [1.82, 2.24) is 9.97 Å². The molecule has 0 aliphatic rings. The largest absolute Gasteiger partial charge is 0.496 e. The molecule has 0 fully saturated rings. The molecule has 0 atom stereocenters. The van der Waals surface area contributed by atoms with Crippen LogP contribution in [0.1, 0.15) is 5.69 Å². The summed E-state index contributed by atoms with van der Waals surface area (Å²) in [5.41, 5.74) is 7.24. The molecule has 6 nitrogen and oxygen atoms in total. The number of methoxy groups -OCH3 is 3. The Balaban J connectivity index is 2.65. The summed E-state index contributed by atoms with van der Waals surface area (Å²) in [4.78, 5) is 8.61. The first kappa shape index (κ1) is 13.9. The average Bonchev–Trinajstić information content (AvgIpc) is 2.44. The van der Waals surface area contributed by atoms with Gasteiger partial charge in [0.1, 0.15) is 11.6 Å². The van der Waals surface area contributed by atoms with Crippen molar-refractivity contribution in [2.45, 2.75) is 6.92 Å². The van der Waals surface area contributed by atoms with E-state index in [1.807, 2.05) is 6.92 Å². The number of hydrogen-bond acceptors (Lipinski definition) is 6. The van der Waals surface area contributed by atoms with E-state index in [4.69, 9.17) is 19.9 Å². The molecule has 0 unspecified atom stereocenters. The van der Waals surface area contributed by atoms with Crippen LogP contribution in [0.5, 0.6) is 17.2 Å². The summed E-state index contributed by atoms with van der Waals surface area (Å²) in [5, 5.41) is 0. The van der Waals surface area contributed by atoms with Crippen LogP contribution in [-0.2, 0) is 0 Å². The van der Waals surface area contributed by atoms with E-state index in [0.29, 0.717) is 34.5 Å². The second-order valence-corrected chi connectivity index (χ2v) is 4.17. The SMILES string of the molecule is COc1cc(OC)c(-c2nc(C)cc(N)n2)cc1OC. The number of aromatic nitrogens is 2. The van der Waals surface area contributed by atoms with Crippen molar-refractivity contribution >= 4 is 5.82 Å². The molecule has 0 saturated heterocycles. The number of nitrogens with two attached hydrogens (primary N) is 1. The third kappa shape index (κ3) is 2.59. The van der Waals surface area contributed by atoms with Crippen LogP contribution in [0.4, 0.5) is 5.82 Å². The normalized spacial score (nSPS) is 10.2. The van der Waals surface area contributed by atoms with Gasteiger partial charge < -0.3 is 19.9 Å². The average molecular weight is 275 g/mol. The fourth-order valence-electron chi connectivity index (χ4n) is 1.92. The molecular weight excluding hydrogens is 258 g/mol. The molecule has 0 aliphatic heterocycles. The van der Waals surface area contributed by atoms with E-state index >= 15 is 0 Å². The molecule has 0 bridgehead atoms. The van der Waals surface area contributed by atoms with E-state index in [1.54, 1.807) is 39.5 Å². The van der Waals surface area contributed by atoms with Crippen molar-refractivity contribution in [3.05, 3.63) is 23.9 Å². The fourth-order valence-corrected chi connectivity index (χ4v) is 1.92. The standard InChI is InChI=1S/C14H17N3O3/c1-8-5-13(15)17-14(16-8)9-6-11(19-3)12(20-4)7-10(9)18-2/h5-7H,1-4H3,(H2,15,16,17). The van der Waals surface area contributed by atoms with Crippen LogP contribution in [0, 0.1) is 6.92 Å². The summed E-state index contributed by atoms with van der Waals surface area (Å²) in [7, 11) is 4.71. The highest BCUT2D eigenvalue weighted by atomic mass is 16.5. The van der Waals surface area contributed by atoms with Gasteiger partial charge in [-0.15, -0.1) is 0 Å². The summed E-state index contributed by atoms with van der Waals surface area (Å²) in [6, 6.07) is 5.21. The van der Waals surface area contributed by atoms with Crippen molar-refractivity contribution < 1.29 is 14.2 Å². The maximum absolute atomic E-state index is 5.77. The topological polar surface area (TPSA) is 79.5 Å². The van der Waals surface area contributed by atoms with E-state index in [2.05, 4.69) is 9.97 Å². The lowest BCUT2D eigenvalue weighted by molar-refractivity contribution is 0.349. The molecule has 0 saturated carbocycles. The van der Waals surface area contributed by atoms with Crippen LogP contribution in [0.3, 0.4) is 0 Å². The van der Waals surface area contributed by atoms with Gasteiger partial charge in [0.25, 0.3) is 0 Å². The van der Waals surface area contributed by atoms with Crippen molar-refractivity contribution in [3.8, 4) is 28.6 Å². The van der Waals surface area contributed by atoms with Gasteiger partial charge in [0.2, 0.25) is 0 Å². The summed E-state index contributed by atoms with van der Waals surface area (Å²) in [5.74, 6) is 2.64. The number of nitrogens with zero attached hydrogens (tertiary/aromatic N) is 2. The number of anilines is 1. The third-order valence-corrected chi connectivity index (χ3v) is 2.82. The van der Waals surface area contributed by atoms with E-state index < -0.39 is 0 Å². The van der Waals surface area contributed by atoms with Crippen LogP contribution in [-0.4, -0.2) is 31.3 Å².